The molecule has 1 heterocycles. The quantitative estimate of drug-likeness (QED) is 0.383. The lowest BCUT2D eigenvalue weighted by Crippen LogP contribution is -2.65. The highest BCUT2D eigenvalue weighted by Crippen LogP contribution is 2.30. The number of nitrogens with zero attached hydrogens (tertiary/aromatic N) is 2. The van der Waals surface area contributed by atoms with Crippen molar-refractivity contribution >= 4 is 29.4 Å². The van der Waals surface area contributed by atoms with E-state index in [1.165, 1.54) is 39.6 Å². The monoisotopic (exact) mass is 580 g/mol. The lowest BCUT2D eigenvalue weighted by atomic mass is 9.87. The van der Waals surface area contributed by atoms with Gasteiger partial charge in [0.15, 0.2) is 0 Å². The molecule has 1 saturated heterocycles. The molecule has 4 N–H and O–H groups in total. The summed E-state index contributed by atoms with van der Waals surface area (Å²) in [7, 11) is 1.66. The molecule has 0 saturated carbocycles. The van der Waals surface area contributed by atoms with Crippen molar-refractivity contribution in [3.8, 4) is 0 Å². The summed E-state index contributed by atoms with van der Waals surface area (Å²) in [5.41, 5.74) is 2.66. The van der Waals surface area contributed by atoms with E-state index in [0.717, 1.165) is 24.8 Å². The number of amides is 5. The van der Waals surface area contributed by atoms with Crippen LogP contribution >= 0.6 is 0 Å². The number of fused-ring (bicyclic) bond motifs is 1. The normalized spacial score (nSPS) is 19.9. The minimum Gasteiger partial charge on any atom is -0.347 e. The maximum atomic E-state index is 13.9. The standard InChI is InChI=1S/C31H41FN6O4/c1-19(2)27(36-28(39)20(3)33-4)30(41)38-17-16-37(31(42)34-23-14-12-22(32)13-15-23)18-26(38)29(40)35-25-11-7-9-21-8-5-6-10-24(21)25/h5-6,8,10,12-15,19-20,25-27,33H,7,9,11,16-18H2,1-4H3,(H,34,42)(H,35,40)(H,36,39)/t20-,25?,26-,27-/m0/s1. The number of aryl methyl sites for hydroxylation is 1. The summed E-state index contributed by atoms with van der Waals surface area (Å²) in [5.74, 6) is -1.70. The van der Waals surface area contributed by atoms with Gasteiger partial charge in [0.1, 0.15) is 17.9 Å². The Hall–Kier alpha value is -3.99. The second kappa shape index (κ2) is 13.8. The van der Waals surface area contributed by atoms with Crippen molar-refractivity contribution in [3.05, 3.63) is 65.5 Å². The van der Waals surface area contributed by atoms with Gasteiger partial charge < -0.3 is 31.1 Å². The molecule has 42 heavy (non-hydrogen) atoms. The van der Waals surface area contributed by atoms with Crippen molar-refractivity contribution in [2.75, 3.05) is 32.0 Å². The summed E-state index contributed by atoms with van der Waals surface area (Å²) in [4.78, 5) is 56.7. The highest BCUT2D eigenvalue weighted by Gasteiger charge is 2.41. The molecule has 5 amide bonds. The number of urea groups is 1. The Balaban J connectivity index is 1.57. The van der Waals surface area contributed by atoms with Crippen LogP contribution in [0.2, 0.25) is 0 Å². The van der Waals surface area contributed by atoms with E-state index < -0.39 is 30.0 Å². The van der Waals surface area contributed by atoms with Crippen LogP contribution in [0.4, 0.5) is 14.9 Å². The number of carbonyl (C=O) groups is 4. The molecule has 226 valence electrons. The molecule has 2 aromatic rings. The molecule has 0 aromatic heterocycles. The number of hydrogen-bond acceptors (Lipinski definition) is 5. The van der Waals surface area contributed by atoms with E-state index in [1.54, 1.807) is 14.0 Å². The average molecular weight is 581 g/mol. The van der Waals surface area contributed by atoms with Gasteiger partial charge >= 0.3 is 6.03 Å². The molecule has 10 nitrogen and oxygen atoms in total. The Morgan fingerprint density at radius 2 is 1.69 bits per heavy atom. The van der Waals surface area contributed by atoms with E-state index >= 15 is 0 Å². The van der Waals surface area contributed by atoms with E-state index in [0.29, 0.717) is 5.69 Å². The van der Waals surface area contributed by atoms with Gasteiger partial charge in [-0.2, -0.15) is 0 Å². The van der Waals surface area contributed by atoms with Crippen molar-refractivity contribution < 1.29 is 23.6 Å². The molecule has 0 bridgehead atoms. The van der Waals surface area contributed by atoms with Gasteiger partial charge in [-0.3, -0.25) is 14.4 Å². The number of halogens is 1. The highest BCUT2D eigenvalue weighted by molar-refractivity contribution is 5.95. The molecule has 1 fully saturated rings. The number of hydrogen-bond donors (Lipinski definition) is 4. The first-order chi connectivity index (χ1) is 20.1. The van der Waals surface area contributed by atoms with E-state index in [9.17, 15) is 23.6 Å². The number of rotatable bonds is 8. The van der Waals surface area contributed by atoms with Gasteiger partial charge in [-0.15, -0.1) is 0 Å². The Morgan fingerprint density at radius 1 is 0.976 bits per heavy atom. The number of carbonyl (C=O) groups excluding carboxylic acids is 4. The van der Waals surface area contributed by atoms with Crippen LogP contribution in [-0.4, -0.2) is 78.4 Å². The molecule has 1 aliphatic carbocycles. The highest BCUT2D eigenvalue weighted by atomic mass is 19.1. The number of nitrogens with one attached hydrogen (secondary N) is 4. The summed E-state index contributed by atoms with van der Waals surface area (Å²) in [5, 5.41) is 11.6. The van der Waals surface area contributed by atoms with Gasteiger partial charge in [0, 0.05) is 18.8 Å². The zero-order valence-corrected chi connectivity index (χ0v) is 24.7. The van der Waals surface area contributed by atoms with Crippen molar-refractivity contribution in [2.24, 2.45) is 5.92 Å². The molecule has 0 radical (unpaired) electrons. The molecular formula is C31H41FN6O4. The second-order valence-electron chi connectivity index (χ2n) is 11.3. The smallest absolute Gasteiger partial charge is 0.321 e. The molecule has 2 aromatic carbocycles. The molecule has 4 atom stereocenters. The van der Waals surface area contributed by atoms with Crippen LogP contribution in [0.5, 0.6) is 0 Å². The first-order valence-electron chi connectivity index (χ1n) is 14.6. The topological polar surface area (TPSA) is 123 Å². The van der Waals surface area contributed by atoms with Crippen molar-refractivity contribution in [1.29, 1.82) is 0 Å². The van der Waals surface area contributed by atoms with Crippen LogP contribution in [-0.2, 0) is 20.8 Å². The van der Waals surface area contributed by atoms with E-state index in [-0.39, 0.29) is 49.3 Å². The lowest BCUT2D eigenvalue weighted by molar-refractivity contribution is -0.147. The number of benzene rings is 2. The maximum Gasteiger partial charge on any atom is 0.321 e. The Labute approximate surface area is 246 Å². The Bertz CT molecular complexity index is 1290. The van der Waals surface area contributed by atoms with Gasteiger partial charge in [0.05, 0.1) is 18.6 Å². The molecule has 1 unspecified atom stereocenters. The number of anilines is 1. The van der Waals surface area contributed by atoms with Gasteiger partial charge in [-0.05, 0) is 74.5 Å². The SMILES string of the molecule is CN[C@@H](C)C(=O)N[C@H](C(=O)N1CCN(C(=O)Nc2ccc(F)cc2)C[C@H]1C(=O)NC1CCCc2ccccc21)C(C)C. The van der Waals surface area contributed by atoms with Crippen molar-refractivity contribution in [1.82, 2.24) is 25.8 Å². The lowest BCUT2D eigenvalue weighted by Gasteiger charge is -2.43. The fourth-order valence-electron chi connectivity index (χ4n) is 5.46. The largest absolute Gasteiger partial charge is 0.347 e. The first-order valence-corrected chi connectivity index (χ1v) is 14.6. The predicted molar refractivity (Wildman–Crippen MR) is 158 cm³/mol. The van der Waals surface area contributed by atoms with Crippen molar-refractivity contribution in [3.63, 3.8) is 0 Å². The Kier molecular flexibility index (Phi) is 10.2. The molecule has 1 aliphatic heterocycles. The summed E-state index contributed by atoms with van der Waals surface area (Å²) in [6, 6.07) is 10.4. The van der Waals surface area contributed by atoms with Crippen LogP contribution in [0.15, 0.2) is 48.5 Å². The zero-order chi connectivity index (χ0) is 30.4. The minimum atomic E-state index is -0.973. The summed E-state index contributed by atoms with van der Waals surface area (Å²) in [6.07, 6.45) is 2.63. The molecule has 4 rings (SSSR count). The van der Waals surface area contributed by atoms with Crippen LogP contribution < -0.4 is 21.3 Å². The van der Waals surface area contributed by atoms with Crippen LogP contribution in [0, 0.1) is 11.7 Å². The van der Waals surface area contributed by atoms with E-state index in [2.05, 4.69) is 27.3 Å². The average Bonchev–Trinajstić information content (AvgIpc) is 2.99. The summed E-state index contributed by atoms with van der Waals surface area (Å²) in [6.45, 7) is 5.63. The molecule has 0 spiro atoms. The number of likely N-dealkylation sites (N-methyl/N-ethyl adjacent to an activating group) is 1. The van der Waals surface area contributed by atoms with E-state index in [1.807, 2.05) is 32.0 Å². The van der Waals surface area contributed by atoms with Crippen LogP contribution in [0.3, 0.4) is 0 Å². The van der Waals surface area contributed by atoms with Gasteiger partial charge in [-0.25, -0.2) is 9.18 Å². The minimum absolute atomic E-state index is 0.0371. The van der Waals surface area contributed by atoms with Crippen LogP contribution in [0.1, 0.15) is 50.8 Å². The number of piperazine rings is 1. The van der Waals surface area contributed by atoms with Gasteiger partial charge in [-0.1, -0.05) is 38.1 Å². The zero-order valence-electron chi connectivity index (χ0n) is 24.7. The molecule has 2 aliphatic rings. The molecule has 11 heteroatoms. The summed E-state index contributed by atoms with van der Waals surface area (Å²) < 4.78 is 13.4. The van der Waals surface area contributed by atoms with E-state index in [4.69, 9.17) is 0 Å². The maximum absolute atomic E-state index is 13.9. The van der Waals surface area contributed by atoms with Gasteiger partial charge in [0.25, 0.3) is 0 Å². The van der Waals surface area contributed by atoms with Crippen LogP contribution in [0.25, 0.3) is 0 Å². The predicted octanol–water partition coefficient (Wildman–Crippen LogP) is 2.81. The third-order valence-electron chi connectivity index (χ3n) is 8.09. The third-order valence-corrected chi connectivity index (χ3v) is 8.09. The van der Waals surface area contributed by atoms with Crippen molar-refractivity contribution in [2.45, 2.75) is 64.2 Å². The molecular weight excluding hydrogens is 539 g/mol. The fourth-order valence-corrected chi connectivity index (χ4v) is 5.46. The fraction of sp³-hybridized carbons (Fsp3) is 0.484. The Morgan fingerprint density at radius 3 is 2.38 bits per heavy atom. The summed E-state index contributed by atoms with van der Waals surface area (Å²) >= 11 is 0. The first kappa shape index (κ1) is 31.0. The third kappa shape index (κ3) is 7.25. The van der Waals surface area contributed by atoms with Gasteiger partial charge in [0.2, 0.25) is 17.7 Å². The second-order valence-corrected chi connectivity index (χ2v) is 11.3.